The number of carbonyl (C=O) groups is 1. The van der Waals surface area contributed by atoms with Crippen LogP contribution in [0.25, 0.3) is 16.0 Å². The molecule has 0 saturated carbocycles. The van der Waals surface area contributed by atoms with E-state index in [-0.39, 0.29) is 18.6 Å². The fraction of sp³-hybridized carbons (Fsp3) is 0.240. The van der Waals surface area contributed by atoms with Crippen molar-refractivity contribution >= 4 is 34.7 Å². The molecule has 0 amide bonds. The summed E-state index contributed by atoms with van der Waals surface area (Å²) >= 11 is 13.1. The molecule has 0 aliphatic heterocycles. The van der Waals surface area contributed by atoms with Crippen molar-refractivity contribution < 1.29 is 4.79 Å². The lowest BCUT2D eigenvalue weighted by molar-refractivity contribution is -0.117. The Kier molecular flexibility index (Phi) is 7.26. The van der Waals surface area contributed by atoms with Crippen LogP contribution in [0.3, 0.4) is 0 Å². The van der Waals surface area contributed by atoms with Gasteiger partial charge in [0.15, 0.2) is 5.69 Å². The van der Waals surface area contributed by atoms with E-state index in [9.17, 15) is 4.79 Å². The third-order valence-electron chi connectivity index (χ3n) is 4.73. The summed E-state index contributed by atoms with van der Waals surface area (Å²) in [5.41, 5.74) is 4.62. The summed E-state index contributed by atoms with van der Waals surface area (Å²) in [5.74, 6) is 0.508. The second kappa shape index (κ2) is 9.89. The van der Waals surface area contributed by atoms with E-state index < -0.39 is 0 Å². The molecular weight excluding hydrogens is 415 g/mol. The monoisotopic (exact) mass is 436 g/mol. The largest absolute Gasteiger partial charge is 0.299 e. The number of ketones is 1. The molecule has 0 aliphatic carbocycles. The summed E-state index contributed by atoms with van der Waals surface area (Å²) in [6.45, 7) is 11.8. The molecule has 1 heterocycles. The van der Waals surface area contributed by atoms with Crippen LogP contribution in [0.2, 0.25) is 10.0 Å². The molecule has 0 aliphatic rings. The minimum Gasteiger partial charge on any atom is -0.299 e. The highest BCUT2D eigenvalue weighted by Gasteiger charge is 2.15. The zero-order valence-corrected chi connectivity index (χ0v) is 18.5. The molecule has 3 rings (SSSR count). The highest BCUT2D eigenvalue weighted by atomic mass is 35.5. The Balaban J connectivity index is 1.84. The Morgan fingerprint density at radius 2 is 1.80 bits per heavy atom. The minimum absolute atomic E-state index is 0.0434. The maximum absolute atomic E-state index is 12.4. The topological polar surface area (TPSA) is 34.3 Å². The Labute approximate surface area is 187 Å². The summed E-state index contributed by atoms with van der Waals surface area (Å²) in [5, 5.41) is 0.936. The standard InChI is InChI=1S/C25H22Cl2N2O/c1-16(2)10-18-7-8-19(14-24(18)28-3)25-22(26)12-17(13-23(25)27)11-21(30)15-20-6-4-5-9-29-20/h4-9,12-14,16H,10-11,15H2,1-2H3. The maximum atomic E-state index is 12.4. The zero-order valence-electron chi connectivity index (χ0n) is 17.0. The van der Waals surface area contributed by atoms with Crippen molar-refractivity contribution in [2.24, 2.45) is 5.92 Å². The van der Waals surface area contributed by atoms with Crippen LogP contribution >= 0.6 is 23.2 Å². The molecule has 2 aromatic carbocycles. The quantitative estimate of drug-likeness (QED) is 0.368. The van der Waals surface area contributed by atoms with E-state index in [1.54, 1.807) is 18.3 Å². The van der Waals surface area contributed by atoms with Gasteiger partial charge in [0.1, 0.15) is 5.78 Å². The van der Waals surface area contributed by atoms with E-state index in [0.717, 1.165) is 28.8 Å². The van der Waals surface area contributed by atoms with E-state index in [0.29, 0.717) is 27.2 Å². The maximum Gasteiger partial charge on any atom is 0.191 e. The first kappa shape index (κ1) is 22.0. The first-order chi connectivity index (χ1) is 14.4. The molecule has 0 saturated heterocycles. The van der Waals surface area contributed by atoms with Gasteiger partial charge in [0, 0.05) is 30.3 Å². The normalized spacial score (nSPS) is 10.8. The van der Waals surface area contributed by atoms with Crippen LogP contribution in [-0.4, -0.2) is 10.8 Å². The van der Waals surface area contributed by atoms with E-state index in [4.69, 9.17) is 29.8 Å². The van der Waals surface area contributed by atoms with Crippen molar-refractivity contribution in [3.05, 3.63) is 93.0 Å². The van der Waals surface area contributed by atoms with Crippen molar-refractivity contribution in [3.63, 3.8) is 0 Å². The number of nitrogens with zero attached hydrogens (tertiary/aromatic N) is 2. The number of hydrogen-bond acceptors (Lipinski definition) is 2. The zero-order chi connectivity index (χ0) is 21.7. The minimum atomic E-state index is 0.0434. The number of pyridine rings is 1. The lowest BCUT2D eigenvalue weighted by Crippen LogP contribution is -2.07. The molecule has 0 radical (unpaired) electrons. The van der Waals surface area contributed by atoms with Gasteiger partial charge in [-0.3, -0.25) is 9.78 Å². The summed E-state index contributed by atoms with van der Waals surface area (Å²) in [6.07, 6.45) is 3.02. The highest BCUT2D eigenvalue weighted by Crippen LogP contribution is 2.38. The first-order valence-corrected chi connectivity index (χ1v) is 10.5. The number of hydrogen-bond donors (Lipinski definition) is 0. The van der Waals surface area contributed by atoms with Crippen LogP contribution in [0.1, 0.15) is 30.7 Å². The second-order valence-corrected chi connectivity index (χ2v) is 8.52. The molecular formula is C25H22Cl2N2O. The molecule has 3 nitrogen and oxygen atoms in total. The number of halogens is 2. The molecule has 1 aromatic heterocycles. The smallest absolute Gasteiger partial charge is 0.191 e. The number of benzene rings is 2. The second-order valence-electron chi connectivity index (χ2n) is 7.70. The highest BCUT2D eigenvalue weighted by molar-refractivity contribution is 6.39. The molecule has 0 atom stereocenters. The van der Waals surface area contributed by atoms with Crippen molar-refractivity contribution in [2.75, 3.05) is 0 Å². The molecule has 5 heteroatoms. The molecule has 0 N–H and O–H groups in total. The molecule has 0 fully saturated rings. The Morgan fingerprint density at radius 3 is 2.40 bits per heavy atom. The number of Topliss-reactive ketones (excluding diaryl/α,β-unsaturated/α-hetero) is 1. The fourth-order valence-corrected chi connectivity index (χ4v) is 4.18. The van der Waals surface area contributed by atoms with Gasteiger partial charge >= 0.3 is 0 Å². The predicted molar refractivity (Wildman–Crippen MR) is 123 cm³/mol. The average molecular weight is 437 g/mol. The van der Waals surface area contributed by atoms with Crippen LogP contribution in [0.4, 0.5) is 5.69 Å². The third kappa shape index (κ3) is 5.48. The molecule has 0 unspecified atom stereocenters. The lowest BCUT2D eigenvalue weighted by Gasteiger charge is -2.13. The van der Waals surface area contributed by atoms with Gasteiger partial charge in [-0.2, -0.15) is 0 Å². The Hall–Kier alpha value is -2.67. The van der Waals surface area contributed by atoms with Gasteiger partial charge in [0.05, 0.1) is 16.6 Å². The predicted octanol–water partition coefficient (Wildman–Crippen LogP) is 7.16. The van der Waals surface area contributed by atoms with Gasteiger partial charge in [-0.1, -0.05) is 55.2 Å². The summed E-state index contributed by atoms with van der Waals surface area (Å²) < 4.78 is 0. The van der Waals surface area contributed by atoms with E-state index in [2.05, 4.69) is 23.7 Å². The number of carbonyl (C=O) groups excluding carboxylic acids is 1. The van der Waals surface area contributed by atoms with Gasteiger partial charge in [-0.25, -0.2) is 4.85 Å². The van der Waals surface area contributed by atoms with Crippen molar-refractivity contribution in [3.8, 4) is 11.1 Å². The van der Waals surface area contributed by atoms with Crippen molar-refractivity contribution in [2.45, 2.75) is 33.1 Å². The van der Waals surface area contributed by atoms with E-state index in [1.165, 1.54) is 0 Å². The fourth-order valence-electron chi connectivity index (χ4n) is 3.43. The van der Waals surface area contributed by atoms with E-state index in [1.807, 2.05) is 36.4 Å². The van der Waals surface area contributed by atoms with Crippen molar-refractivity contribution in [1.82, 2.24) is 4.98 Å². The van der Waals surface area contributed by atoms with Crippen LogP contribution in [0.15, 0.2) is 54.7 Å². The van der Waals surface area contributed by atoms with Crippen LogP contribution in [-0.2, 0) is 24.1 Å². The average Bonchev–Trinajstić information content (AvgIpc) is 2.68. The Bertz CT molecular complexity index is 1080. The third-order valence-corrected chi connectivity index (χ3v) is 5.33. The summed E-state index contributed by atoms with van der Waals surface area (Å²) in [7, 11) is 0. The van der Waals surface area contributed by atoms with Gasteiger partial charge in [0.2, 0.25) is 0 Å². The van der Waals surface area contributed by atoms with Crippen LogP contribution in [0.5, 0.6) is 0 Å². The van der Waals surface area contributed by atoms with Gasteiger partial charge < -0.3 is 0 Å². The lowest BCUT2D eigenvalue weighted by atomic mass is 9.96. The van der Waals surface area contributed by atoms with Crippen LogP contribution in [0, 0.1) is 12.5 Å². The van der Waals surface area contributed by atoms with E-state index >= 15 is 0 Å². The molecule has 3 aromatic rings. The summed E-state index contributed by atoms with van der Waals surface area (Å²) in [6, 6.07) is 14.8. The molecule has 30 heavy (non-hydrogen) atoms. The first-order valence-electron chi connectivity index (χ1n) is 9.77. The molecule has 0 spiro atoms. The van der Waals surface area contributed by atoms with Gasteiger partial charge in [-0.05, 0) is 59.4 Å². The SMILES string of the molecule is [C-]#[N+]c1cc(-c2c(Cl)cc(CC(=O)Cc3ccccn3)cc2Cl)ccc1CC(C)C. The number of rotatable bonds is 7. The summed E-state index contributed by atoms with van der Waals surface area (Å²) in [4.78, 5) is 20.3. The van der Waals surface area contributed by atoms with Crippen molar-refractivity contribution in [1.29, 1.82) is 0 Å². The number of aromatic nitrogens is 1. The van der Waals surface area contributed by atoms with Gasteiger partial charge in [0.25, 0.3) is 0 Å². The molecule has 152 valence electrons. The van der Waals surface area contributed by atoms with Gasteiger partial charge in [-0.15, -0.1) is 0 Å². The Morgan fingerprint density at radius 1 is 1.07 bits per heavy atom. The van der Waals surface area contributed by atoms with Crippen LogP contribution < -0.4 is 0 Å². The molecule has 0 bridgehead atoms.